The molecule has 3 rings (SSSR count). The van der Waals surface area contributed by atoms with E-state index in [0.717, 1.165) is 10.4 Å². The van der Waals surface area contributed by atoms with Crippen molar-refractivity contribution in [2.24, 2.45) is 0 Å². The molecule has 27 heavy (non-hydrogen) atoms. The second kappa shape index (κ2) is 9.48. The van der Waals surface area contributed by atoms with Crippen molar-refractivity contribution in [3.05, 3.63) is 80.7 Å². The molecule has 0 radical (unpaired) electrons. The van der Waals surface area contributed by atoms with Crippen molar-refractivity contribution in [3.8, 4) is 0 Å². The standard InChI is InChI=1S/C21H22N2O2S2/c1-2-23(15-17-10-6-12-26-17)21(25)18(14-16-8-4-3-5-9-16)22-20(24)19-11-7-13-27-19/h3-13,18H,2,14-15H2,1H3,(H,22,24). The van der Waals surface area contributed by atoms with Gasteiger partial charge in [0, 0.05) is 17.8 Å². The van der Waals surface area contributed by atoms with E-state index in [9.17, 15) is 9.59 Å². The second-order valence-corrected chi connectivity index (χ2v) is 8.10. The maximum Gasteiger partial charge on any atom is 0.262 e. The molecule has 0 aliphatic heterocycles. The number of hydrogen-bond donors (Lipinski definition) is 1. The summed E-state index contributed by atoms with van der Waals surface area (Å²) in [6, 6.07) is 16.8. The van der Waals surface area contributed by atoms with E-state index < -0.39 is 6.04 Å². The minimum absolute atomic E-state index is 0.0559. The first-order valence-electron chi connectivity index (χ1n) is 8.87. The molecule has 0 saturated heterocycles. The fraction of sp³-hybridized carbons (Fsp3) is 0.238. The van der Waals surface area contributed by atoms with Crippen LogP contribution in [0.25, 0.3) is 0 Å². The zero-order chi connectivity index (χ0) is 19.1. The highest BCUT2D eigenvalue weighted by Gasteiger charge is 2.26. The van der Waals surface area contributed by atoms with Gasteiger partial charge >= 0.3 is 0 Å². The normalized spacial score (nSPS) is 11.7. The lowest BCUT2D eigenvalue weighted by Crippen LogP contribution is -2.49. The Morgan fingerprint density at radius 3 is 2.37 bits per heavy atom. The molecule has 2 heterocycles. The summed E-state index contributed by atoms with van der Waals surface area (Å²) in [5.74, 6) is -0.258. The molecule has 3 aromatic rings. The van der Waals surface area contributed by atoms with Crippen LogP contribution in [0.3, 0.4) is 0 Å². The van der Waals surface area contributed by atoms with Crippen molar-refractivity contribution >= 4 is 34.5 Å². The number of rotatable bonds is 8. The van der Waals surface area contributed by atoms with E-state index in [4.69, 9.17) is 0 Å². The molecule has 1 atom stereocenters. The third-order valence-electron chi connectivity index (χ3n) is 4.25. The molecule has 1 unspecified atom stereocenters. The number of hydrogen-bond acceptors (Lipinski definition) is 4. The van der Waals surface area contributed by atoms with Gasteiger partial charge in [-0.25, -0.2) is 0 Å². The number of carbonyl (C=O) groups is 2. The molecule has 2 amide bonds. The lowest BCUT2D eigenvalue weighted by Gasteiger charge is -2.26. The Hall–Kier alpha value is -2.44. The lowest BCUT2D eigenvalue weighted by molar-refractivity contribution is -0.133. The summed E-state index contributed by atoms with van der Waals surface area (Å²) >= 11 is 3.01. The summed E-state index contributed by atoms with van der Waals surface area (Å²) in [5.41, 5.74) is 1.02. The van der Waals surface area contributed by atoms with Gasteiger partial charge in [0.05, 0.1) is 11.4 Å². The summed E-state index contributed by atoms with van der Waals surface area (Å²) in [5, 5.41) is 6.81. The van der Waals surface area contributed by atoms with Crippen LogP contribution in [-0.4, -0.2) is 29.3 Å². The summed E-state index contributed by atoms with van der Waals surface area (Å²) in [4.78, 5) is 29.3. The van der Waals surface area contributed by atoms with Crippen LogP contribution in [0.1, 0.15) is 27.0 Å². The maximum atomic E-state index is 13.2. The Balaban J connectivity index is 1.78. The van der Waals surface area contributed by atoms with E-state index in [1.807, 2.05) is 66.2 Å². The first kappa shape index (κ1) is 19.3. The molecular formula is C21H22N2O2S2. The maximum absolute atomic E-state index is 13.2. The Bertz CT molecular complexity index is 846. The van der Waals surface area contributed by atoms with Crippen molar-refractivity contribution < 1.29 is 9.59 Å². The summed E-state index contributed by atoms with van der Waals surface area (Å²) in [6.07, 6.45) is 0.470. The zero-order valence-electron chi connectivity index (χ0n) is 15.1. The predicted octanol–water partition coefficient (Wildman–Crippen LogP) is 4.20. The van der Waals surface area contributed by atoms with Crippen LogP contribution in [0.4, 0.5) is 0 Å². The van der Waals surface area contributed by atoms with Gasteiger partial charge in [-0.2, -0.15) is 0 Å². The van der Waals surface area contributed by atoms with E-state index in [1.165, 1.54) is 11.3 Å². The number of nitrogens with zero attached hydrogens (tertiary/aromatic N) is 1. The van der Waals surface area contributed by atoms with Crippen LogP contribution in [0.2, 0.25) is 0 Å². The van der Waals surface area contributed by atoms with Gasteiger partial charge in [-0.1, -0.05) is 42.5 Å². The SMILES string of the molecule is CCN(Cc1cccs1)C(=O)C(Cc1ccccc1)NC(=O)c1cccs1. The monoisotopic (exact) mass is 398 g/mol. The van der Waals surface area contributed by atoms with Gasteiger partial charge in [-0.15, -0.1) is 22.7 Å². The highest BCUT2D eigenvalue weighted by molar-refractivity contribution is 7.12. The summed E-state index contributed by atoms with van der Waals surface area (Å²) < 4.78 is 0. The number of benzene rings is 1. The Morgan fingerprint density at radius 2 is 1.74 bits per heavy atom. The van der Waals surface area contributed by atoms with E-state index in [0.29, 0.717) is 24.4 Å². The molecule has 1 N–H and O–H groups in total. The van der Waals surface area contributed by atoms with E-state index >= 15 is 0 Å². The Labute approximate surface area is 167 Å². The van der Waals surface area contributed by atoms with Crippen molar-refractivity contribution in [2.75, 3.05) is 6.54 Å². The molecule has 0 bridgehead atoms. The number of amides is 2. The lowest BCUT2D eigenvalue weighted by atomic mass is 10.0. The highest BCUT2D eigenvalue weighted by atomic mass is 32.1. The molecule has 0 aliphatic carbocycles. The van der Waals surface area contributed by atoms with Crippen molar-refractivity contribution in [3.63, 3.8) is 0 Å². The van der Waals surface area contributed by atoms with Gasteiger partial charge in [0.2, 0.25) is 5.91 Å². The van der Waals surface area contributed by atoms with Crippen LogP contribution in [-0.2, 0) is 17.8 Å². The smallest absolute Gasteiger partial charge is 0.262 e. The van der Waals surface area contributed by atoms with Crippen LogP contribution in [0.5, 0.6) is 0 Å². The molecule has 0 saturated carbocycles. The number of thiophene rings is 2. The van der Waals surface area contributed by atoms with Crippen LogP contribution in [0, 0.1) is 0 Å². The Morgan fingerprint density at radius 1 is 1.00 bits per heavy atom. The average molecular weight is 399 g/mol. The number of nitrogens with one attached hydrogen (secondary N) is 1. The van der Waals surface area contributed by atoms with E-state index in [2.05, 4.69) is 5.32 Å². The summed E-state index contributed by atoms with van der Waals surface area (Å²) in [7, 11) is 0. The molecule has 0 fully saturated rings. The van der Waals surface area contributed by atoms with Gasteiger partial charge in [0.25, 0.3) is 5.91 Å². The molecule has 6 heteroatoms. The predicted molar refractivity (Wildman–Crippen MR) is 111 cm³/mol. The zero-order valence-corrected chi connectivity index (χ0v) is 16.8. The van der Waals surface area contributed by atoms with Crippen LogP contribution >= 0.6 is 22.7 Å². The molecule has 140 valence electrons. The van der Waals surface area contributed by atoms with Crippen LogP contribution in [0.15, 0.2) is 65.4 Å². The van der Waals surface area contributed by atoms with Gasteiger partial charge in [0.1, 0.15) is 6.04 Å². The number of likely N-dealkylation sites (N-methyl/N-ethyl adjacent to an activating group) is 1. The first-order valence-corrected chi connectivity index (χ1v) is 10.6. The fourth-order valence-electron chi connectivity index (χ4n) is 2.84. The van der Waals surface area contributed by atoms with Gasteiger partial charge in [-0.05, 0) is 35.4 Å². The number of carbonyl (C=O) groups excluding carboxylic acids is 2. The van der Waals surface area contributed by atoms with Gasteiger partial charge < -0.3 is 10.2 Å². The third kappa shape index (κ3) is 5.28. The Kier molecular flexibility index (Phi) is 6.79. The molecular weight excluding hydrogens is 376 g/mol. The molecule has 2 aromatic heterocycles. The fourth-order valence-corrected chi connectivity index (χ4v) is 4.19. The summed E-state index contributed by atoms with van der Waals surface area (Å²) in [6.45, 7) is 3.12. The third-order valence-corrected chi connectivity index (χ3v) is 5.98. The molecule has 1 aromatic carbocycles. The molecule has 0 spiro atoms. The minimum Gasteiger partial charge on any atom is -0.339 e. The van der Waals surface area contributed by atoms with Crippen molar-refractivity contribution in [1.82, 2.24) is 10.2 Å². The van der Waals surface area contributed by atoms with E-state index in [-0.39, 0.29) is 11.8 Å². The molecule has 0 aliphatic rings. The van der Waals surface area contributed by atoms with Gasteiger partial charge in [0.15, 0.2) is 0 Å². The quantitative estimate of drug-likeness (QED) is 0.618. The van der Waals surface area contributed by atoms with Crippen LogP contribution < -0.4 is 5.32 Å². The molecule has 4 nitrogen and oxygen atoms in total. The average Bonchev–Trinajstić information content (AvgIpc) is 3.39. The highest BCUT2D eigenvalue weighted by Crippen LogP contribution is 2.15. The van der Waals surface area contributed by atoms with Gasteiger partial charge in [-0.3, -0.25) is 9.59 Å². The van der Waals surface area contributed by atoms with E-state index in [1.54, 1.807) is 22.3 Å². The van der Waals surface area contributed by atoms with Crippen molar-refractivity contribution in [1.29, 1.82) is 0 Å². The second-order valence-electron chi connectivity index (χ2n) is 6.12. The minimum atomic E-state index is -0.595. The topological polar surface area (TPSA) is 49.4 Å². The van der Waals surface area contributed by atoms with Crippen molar-refractivity contribution in [2.45, 2.75) is 25.9 Å². The largest absolute Gasteiger partial charge is 0.339 e. The first-order chi connectivity index (χ1) is 13.2.